The number of nitrogens with zero attached hydrogens (tertiary/aromatic N) is 3. The molecular formula is C15H11ClF2N4. The molecule has 1 N–H and O–H groups in total. The molecule has 1 fully saturated rings. The van der Waals surface area contributed by atoms with Gasteiger partial charge in [-0.2, -0.15) is 9.61 Å². The van der Waals surface area contributed by atoms with Crippen LogP contribution in [0.1, 0.15) is 24.3 Å². The lowest BCUT2D eigenvalue weighted by atomic mass is 10.2. The Morgan fingerprint density at radius 3 is 2.55 bits per heavy atom. The van der Waals surface area contributed by atoms with E-state index in [-0.39, 0.29) is 5.69 Å². The molecule has 0 saturated heterocycles. The normalized spacial score (nSPS) is 14.5. The zero-order valence-corrected chi connectivity index (χ0v) is 12.1. The van der Waals surface area contributed by atoms with Crippen LogP contribution in [0.5, 0.6) is 0 Å². The molecule has 0 spiro atoms. The second-order valence-electron chi connectivity index (χ2n) is 5.36. The molecular weight excluding hydrogens is 310 g/mol. The van der Waals surface area contributed by atoms with E-state index in [1.54, 1.807) is 16.8 Å². The Labute approximate surface area is 129 Å². The minimum Gasteiger partial charge on any atom is -0.340 e. The average Bonchev–Trinajstić information content (AvgIpc) is 3.18. The highest BCUT2D eigenvalue weighted by Gasteiger charge is 2.28. The summed E-state index contributed by atoms with van der Waals surface area (Å²) >= 11 is 6.07. The van der Waals surface area contributed by atoms with Crippen LogP contribution in [0, 0.1) is 11.6 Å². The van der Waals surface area contributed by atoms with Crippen LogP contribution in [-0.4, -0.2) is 14.6 Å². The van der Waals surface area contributed by atoms with Crippen LogP contribution in [0.4, 0.5) is 20.3 Å². The van der Waals surface area contributed by atoms with Crippen molar-refractivity contribution < 1.29 is 8.78 Å². The molecule has 22 heavy (non-hydrogen) atoms. The molecule has 0 bridgehead atoms. The van der Waals surface area contributed by atoms with E-state index in [1.165, 1.54) is 12.1 Å². The van der Waals surface area contributed by atoms with E-state index in [1.807, 2.05) is 0 Å². The standard InChI is InChI=1S/C15H11ClF2N4/c16-13-6-14(20-11-4-9(17)3-10(18)5-11)22-15(21-13)12(7-19-22)8-1-2-8/h3-8,20H,1-2H2. The van der Waals surface area contributed by atoms with Gasteiger partial charge in [-0.25, -0.2) is 13.8 Å². The summed E-state index contributed by atoms with van der Waals surface area (Å²) in [7, 11) is 0. The third kappa shape index (κ3) is 2.39. The second-order valence-corrected chi connectivity index (χ2v) is 5.74. The van der Waals surface area contributed by atoms with Crippen LogP contribution in [0.15, 0.2) is 30.5 Å². The first kappa shape index (κ1) is 13.5. The summed E-state index contributed by atoms with van der Waals surface area (Å²) in [6, 6.07) is 4.80. The largest absolute Gasteiger partial charge is 0.340 e. The van der Waals surface area contributed by atoms with Gasteiger partial charge in [0.1, 0.15) is 22.6 Å². The van der Waals surface area contributed by atoms with Gasteiger partial charge < -0.3 is 5.32 Å². The minimum absolute atomic E-state index is 0.282. The van der Waals surface area contributed by atoms with Gasteiger partial charge in [0.2, 0.25) is 0 Å². The van der Waals surface area contributed by atoms with Crippen LogP contribution in [-0.2, 0) is 0 Å². The van der Waals surface area contributed by atoms with Crippen LogP contribution in [0.25, 0.3) is 5.65 Å². The van der Waals surface area contributed by atoms with Crippen molar-refractivity contribution in [1.82, 2.24) is 14.6 Å². The fraction of sp³-hybridized carbons (Fsp3) is 0.200. The van der Waals surface area contributed by atoms with E-state index in [9.17, 15) is 8.78 Å². The quantitative estimate of drug-likeness (QED) is 0.732. The molecule has 2 aromatic heterocycles. The molecule has 0 aliphatic heterocycles. The highest BCUT2D eigenvalue weighted by Crippen LogP contribution is 2.42. The van der Waals surface area contributed by atoms with E-state index in [2.05, 4.69) is 15.4 Å². The number of nitrogens with one attached hydrogen (secondary N) is 1. The van der Waals surface area contributed by atoms with Crippen LogP contribution in [0.3, 0.4) is 0 Å². The van der Waals surface area contributed by atoms with E-state index in [4.69, 9.17) is 11.6 Å². The summed E-state index contributed by atoms with van der Waals surface area (Å²) in [6.45, 7) is 0. The van der Waals surface area contributed by atoms with E-state index in [0.717, 1.165) is 24.5 Å². The molecule has 0 atom stereocenters. The van der Waals surface area contributed by atoms with E-state index >= 15 is 0 Å². The number of hydrogen-bond donors (Lipinski definition) is 1. The molecule has 3 aromatic rings. The average molecular weight is 321 g/mol. The third-order valence-electron chi connectivity index (χ3n) is 3.62. The molecule has 1 saturated carbocycles. The molecule has 2 heterocycles. The first-order valence-corrected chi connectivity index (χ1v) is 7.25. The second kappa shape index (κ2) is 4.91. The number of hydrogen-bond acceptors (Lipinski definition) is 3. The minimum atomic E-state index is -0.655. The van der Waals surface area contributed by atoms with Gasteiger partial charge in [-0.05, 0) is 30.9 Å². The molecule has 112 valence electrons. The molecule has 0 radical (unpaired) electrons. The Balaban J connectivity index is 1.80. The Kier molecular flexibility index (Phi) is 3.00. The predicted octanol–water partition coefficient (Wildman–Crippen LogP) is 4.28. The highest BCUT2D eigenvalue weighted by molar-refractivity contribution is 6.29. The smallest absolute Gasteiger partial charge is 0.162 e. The molecule has 1 aromatic carbocycles. The number of rotatable bonds is 3. The first-order valence-electron chi connectivity index (χ1n) is 6.87. The number of aromatic nitrogens is 3. The lowest BCUT2D eigenvalue weighted by molar-refractivity contribution is 0.584. The van der Waals surface area contributed by atoms with Gasteiger partial charge in [-0.3, -0.25) is 0 Å². The Morgan fingerprint density at radius 2 is 1.86 bits per heavy atom. The van der Waals surface area contributed by atoms with Crippen LogP contribution in [0.2, 0.25) is 5.15 Å². The number of anilines is 2. The fourth-order valence-electron chi connectivity index (χ4n) is 2.50. The summed E-state index contributed by atoms with van der Waals surface area (Å²) in [5, 5.41) is 7.55. The molecule has 1 aliphatic carbocycles. The van der Waals surface area contributed by atoms with Crippen molar-refractivity contribution in [3.05, 3.63) is 52.8 Å². The van der Waals surface area contributed by atoms with Gasteiger partial charge in [-0.15, -0.1) is 0 Å². The molecule has 7 heteroatoms. The topological polar surface area (TPSA) is 42.2 Å². The molecule has 4 nitrogen and oxygen atoms in total. The van der Waals surface area contributed by atoms with Gasteiger partial charge >= 0.3 is 0 Å². The monoisotopic (exact) mass is 320 g/mol. The fourth-order valence-corrected chi connectivity index (χ4v) is 2.68. The van der Waals surface area contributed by atoms with Crippen molar-refractivity contribution in [3.63, 3.8) is 0 Å². The van der Waals surface area contributed by atoms with Gasteiger partial charge in [0.05, 0.1) is 6.20 Å². The Hall–Kier alpha value is -2.21. The summed E-state index contributed by atoms with van der Waals surface area (Å²) in [5.41, 5.74) is 2.01. The van der Waals surface area contributed by atoms with Gasteiger partial charge in [0, 0.05) is 23.4 Å². The first-order chi connectivity index (χ1) is 10.6. The Bertz CT molecular complexity index is 853. The van der Waals surface area contributed by atoms with Gasteiger partial charge in [-0.1, -0.05) is 11.6 Å². The number of halogens is 3. The summed E-state index contributed by atoms with van der Waals surface area (Å²) in [5.74, 6) is -0.328. The summed E-state index contributed by atoms with van der Waals surface area (Å²) < 4.78 is 28.2. The molecule has 4 rings (SSSR count). The van der Waals surface area contributed by atoms with Gasteiger partial charge in [0.25, 0.3) is 0 Å². The Morgan fingerprint density at radius 1 is 1.14 bits per heavy atom. The molecule has 1 aliphatic rings. The van der Waals surface area contributed by atoms with Gasteiger partial charge in [0.15, 0.2) is 5.65 Å². The summed E-state index contributed by atoms with van der Waals surface area (Å²) in [4.78, 5) is 4.31. The van der Waals surface area contributed by atoms with Crippen LogP contribution < -0.4 is 5.32 Å². The maximum Gasteiger partial charge on any atom is 0.162 e. The van der Waals surface area contributed by atoms with Crippen molar-refractivity contribution in [3.8, 4) is 0 Å². The highest BCUT2D eigenvalue weighted by atomic mass is 35.5. The lowest BCUT2D eigenvalue weighted by Gasteiger charge is -2.09. The van der Waals surface area contributed by atoms with Crippen LogP contribution >= 0.6 is 11.6 Å². The predicted molar refractivity (Wildman–Crippen MR) is 79.6 cm³/mol. The zero-order chi connectivity index (χ0) is 15.3. The van der Waals surface area contributed by atoms with Crippen molar-refractivity contribution in [2.24, 2.45) is 0 Å². The number of fused-ring (bicyclic) bond motifs is 1. The van der Waals surface area contributed by atoms with Crippen molar-refractivity contribution in [1.29, 1.82) is 0 Å². The van der Waals surface area contributed by atoms with Crippen molar-refractivity contribution in [2.75, 3.05) is 5.32 Å². The maximum atomic E-state index is 13.3. The maximum absolute atomic E-state index is 13.3. The lowest BCUT2D eigenvalue weighted by Crippen LogP contribution is -2.02. The zero-order valence-electron chi connectivity index (χ0n) is 11.4. The van der Waals surface area contributed by atoms with E-state index < -0.39 is 11.6 Å². The van der Waals surface area contributed by atoms with Crippen molar-refractivity contribution >= 4 is 28.8 Å². The molecule has 0 amide bonds. The SMILES string of the molecule is Fc1cc(F)cc(Nc2cc(Cl)nc3c(C4CC4)cnn23)c1. The summed E-state index contributed by atoms with van der Waals surface area (Å²) in [6.07, 6.45) is 4.01. The van der Waals surface area contributed by atoms with E-state index in [0.29, 0.717) is 22.5 Å². The molecule has 0 unspecified atom stereocenters. The number of benzene rings is 1. The third-order valence-corrected chi connectivity index (χ3v) is 3.81. The van der Waals surface area contributed by atoms with Crippen molar-refractivity contribution in [2.45, 2.75) is 18.8 Å².